The number of ether oxygens (including phenoxy) is 1. The smallest absolute Gasteiger partial charge is 0.146 e. The summed E-state index contributed by atoms with van der Waals surface area (Å²) in [7, 11) is 0. The predicted molar refractivity (Wildman–Crippen MR) is 80.2 cm³/mol. The molecule has 100 valence electrons. The standard InChI is InChI=1S/C16H18ClNO/c1-11-3-6-14(17)16(9-11)19-15-10-13(7-8-18)5-4-12(15)2/h3-6,9-10H,7-8,18H2,1-2H3. The Morgan fingerprint density at radius 2 is 1.84 bits per heavy atom. The van der Waals surface area contributed by atoms with Gasteiger partial charge in [0.2, 0.25) is 0 Å². The van der Waals surface area contributed by atoms with Gasteiger partial charge in [0.15, 0.2) is 0 Å². The molecule has 2 nitrogen and oxygen atoms in total. The number of benzene rings is 2. The molecule has 0 bridgehead atoms. The Balaban J connectivity index is 2.31. The molecule has 2 aromatic carbocycles. The van der Waals surface area contributed by atoms with Gasteiger partial charge in [-0.15, -0.1) is 0 Å². The van der Waals surface area contributed by atoms with Gasteiger partial charge < -0.3 is 10.5 Å². The second-order valence-electron chi connectivity index (χ2n) is 4.67. The highest BCUT2D eigenvalue weighted by molar-refractivity contribution is 6.32. The zero-order chi connectivity index (χ0) is 13.8. The van der Waals surface area contributed by atoms with Crippen molar-refractivity contribution >= 4 is 11.6 Å². The Kier molecular flexibility index (Phi) is 4.46. The van der Waals surface area contributed by atoms with Crippen LogP contribution in [0, 0.1) is 13.8 Å². The van der Waals surface area contributed by atoms with E-state index in [1.165, 1.54) is 5.56 Å². The number of aryl methyl sites for hydroxylation is 2. The van der Waals surface area contributed by atoms with Crippen LogP contribution in [0.25, 0.3) is 0 Å². The highest BCUT2D eigenvalue weighted by Crippen LogP contribution is 2.32. The van der Waals surface area contributed by atoms with Crippen molar-refractivity contribution in [3.05, 3.63) is 58.1 Å². The summed E-state index contributed by atoms with van der Waals surface area (Å²) in [6.07, 6.45) is 0.845. The van der Waals surface area contributed by atoms with Crippen LogP contribution in [0.2, 0.25) is 5.02 Å². The van der Waals surface area contributed by atoms with E-state index in [0.717, 1.165) is 23.3 Å². The Bertz CT molecular complexity index is 581. The number of hydrogen-bond donors (Lipinski definition) is 1. The van der Waals surface area contributed by atoms with Crippen LogP contribution in [0.5, 0.6) is 11.5 Å². The monoisotopic (exact) mass is 275 g/mol. The van der Waals surface area contributed by atoms with Crippen LogP contribution < -0.4 is 10.5 Å². The largest absolute Gasteiger partial charge is 0.456 e. The minimum absolute atomic E-state index is 0.620. The normalized spacial score (nSPS) is 10.5. The van der Waals surface area contributed by atoms with E-state index in [0.29, 0.717) is 17.3 Å². The highest BCUT2D eigenvalue weighted by Gasteiger charge is 2.07. The topological polar surface area (TPSA) is 35.2 Å². The summed E-state index contributed by atoms with van der Waals surface area (Å²) in [5.41, 5.74) is 8.96. The molecule has 0 radical (unpaired) electrons. The van der Waals surface area contributed by atoms with Crippen LogP contribution in [-0.2, 0) is 6.42 Å². The minimum Gasteiger partial charge on any atom is -0.456 e. The van der Waals surface area contributed by atoms with Crippen molar-refractivity contribution in [1.29, 1.82) is 0 Å². The van der Waals surface area contributed by atoms with Crippen molar-refractivity contribution in [1.82, 2.24) is 0 Å². The second kappa shape index (κ2) is 6.09. The highest BCUT2D eigenvalue weighted by atomic mass is 35.5. The van der Waals surface area contributed by atoms with Gasteiger partial charge in [-0.25, -0.2) is 0 Å². The van der Waals surface area contributed by atoms with Gasteiger partial charge in [0.1, 0.15) is 11.5 Å². The first-order chi connectivity index (χ1) is 9.10. The zero-order valence-electron chi connectivity index (χ0n) is 11.2. The molecule has 0 saturated heterocycles. The van der Waals surface area contributed by atoms with Crippen LogP contribution in [-0.4, -0.2) is 6.54 Å². The van der Waals surface area contributed by atoms with E-state index in [9.17, 15) is 0 Å². The average Bonchev–Trinajstić information content (AvgIpc) is 2.38. The first kappa shape index (κ1) is 13.9. The molecule has 0 aromatic heterocycles. The third-order valence-corrected chi connectivity index (χ3v) is 3.30. The third-order valence-electron chi connectivity index (χ3n) is 2.99. The summed E-state index contributed by atoms with van der Waals surface area (Å²) in [6, 6.07) is 11.9. The van der Waals surface area contributed by atoms with Crippen LogP contribution in [0.4, 0.5) is 0 Å². The fourth-order valence-electron chi connectivity index (χ4n) is 1.88. The maximum atomic E-state index is 6.15. The molecule has 0 unspecified atom stereocenters. The molecular formula is C16H18ClNO. The predicted octanol–water partition coefficient (Wildman–Crippen LogP) is 4.25. The molecule has 0 aliphatic carbocycles. The van der Waals surface area contributed by atoms with E-state index in [-0.39, 0.29) is 0 Å². The fourth-order valence-corrected chi connectivity index (χ4v) is 2.04. The molecule has 2 rings (SSSR count). The van der Waals surface area contributed by atoms with Gasteiger partial charge in [0.05, 0.1) is 5.02 Å². The molecule has 0 aliphatic heterocycles. The summed E-state index contributed by atoms with van der Waals surface area (Å²) in [5, 5.41) is 0.620. The van der Waals surface area contributed by atoms with Gasteiger partial charge >= 0.3 is 0 Å². The molecule has 0 aliphatic rings. The first-order valence-corrected chi connectivity index (χ1v) is 6.71. The molecule has 2 aromatic rings. The van der Waals surface area contributed by atoms with Crippen LogP contribution >= 0.6 is 11.6 Å². The van der Waals surface area contributed by atoms with Gasteiger partial charge in [-0.05, 0) is 61.7 Å². The average molecular weight is 276 g/mol. The van der Waals surface area contributed by atoms with E-state index in [1.807, 2.05) is 44.2 Å². The van der Waals surface area contributed by atoms with Gasteiger partial charge in [-0.1, -0.05) is 29.8 Å². The van der Waals surface area contributed by atoms with Crippen molar-refractivity contribution in [2.45, 2.75) is 20.3 Å². The van der Waals surface area contributed by atoms with E-state index in [4.69, 9.17) is 22.1 Å². The molecule has 0 saturated carbocycles. The third kappa shape index (κ3) is 3.49. The number of halogens is 1. The molecule has 0 atom stereocenters. The van der Waals surface area contributed by atoms with E-state index >= 15 is 0 Å². The Hall–Kier alpha value is -1.51. The van der Waals surface area contributed by atoms with Crippen molar-refractivity contribution in [2.24, 2.45) is 5.73 Å². The molecule has 0 amide bonds. The SMILES string of the molecule is Cc1ccc(Cl)c(Oc2cc(CCN)ccc2C)c1. The van der Waals surface area contributed by atoms with Crippen molar-refractivity contribution in [3.8, 4) is 11.5 Å². The minimum atomic E-state index is 0.620. The van der Waals surface area contributed by atoms with E-state index < -0.39 is 0 Å². The summed E-state index contributed by atoms with van der Waals surface area (Å²) < 4.78 is 5.93. The van der Waals surface area contributed by atoms with Crippen molar-refractivity contribution in [3.63, 3.8) is 0 Å². The van der Waals surface area contributed by atoms with Crippen molar-refractivity contribution < 1.29 is 4.74 Å². The maximum absolute atomic E-state index is 6.15. The molecular weight excluding hydrogens is 258 g/mol. The Morgan fingerprint density at radius 1 is 1.05 bits per heavy atom. The number of hydrogen-bond acceptors (Lipinski definition) is 2. The lowest BCUT2D eigenvalue weighted by Gasteiger charge is -2.12. The summed E-state index contributed by atoms with van der Waals surface area (Å²) in [4.78, 5) is 0. The zero-order valence-corrected chi connectivity index (χ0v) is 12.0. The molecule has 0 heterocycles. The van der Waals surface area contributed by atoms with Gasteiger partial charge in [0, 0.05) is 0 Å². The quantitative estimate of drug-likeness (QED) is 0.905. The number of nitrogens with two attached hydrogens (primary N) is 1. The second-order valence-corrected chi connectivity index (χ2v) is 5.08. The lowest BCUT2D eigenvalue weighted by Crippen LogP contribution is -2.03. The van der Waals surface area contributed by atoms with Crippen LogP contribution in [0.3, 0.4) is 0 Å². The molecule has 3 heteroatoms. The van der Waals surface area contributed by atoms with Crippen molar-refractivity contribution in [2.75, 3.05) is 6.54 Å². The first-order valence-electron chi connectivity index (χ1n) is 6.34. The maximum Gasteiger partial charge on any atom is 0.146 e. The van der Waals surface area contributed by atoms with Gasteiger partial charge in [-0.2, -0.15) is 0 Å². The molecule has 2 N–H and O–H groups in total. The van der Waals surface area contributed by atoms with Gasteiger partial charge in [0.25, 0.3) is 0 Å². The Morgan fingerprint density at radius 3 is 2.58 bits per heavy atom. The number of rotatable bonds is 4. The molecule has 0 spiro atoms. The van der Waals surface area contributed by atoms with Crippen LogP contribution in [0.15, 0.2) is 36.4 Å². The van der Waals surface area contributed by atoms with Gasteiger partial charge in [-0.3, -0.25) is 0 Å². The fraction of sp³-hybridized carbons (Fsp3) is 0.250. The molecule has 19 heavy (non-hydrogen) atoms. The summed E-state index contributed by atoms with van der Waals surface area (Å²) >= 11 is 6.15. The lowest BCUT2D eigenvalue weighted by molar-refractivity contribution is 0.478. The molecule has 0 fully saturated rings. The summed E-state index contributed by atoms with van der Waals surface area (Å²) in [6.45, 7) is 4.67. The van der Waals surface area contributed by atoms with Crippen LogP contribution in [0.1, 0.15) is 16.7 Å². The van der Waals surface area contributed by atoms with E-state index in [2.05, 4.69) is 6.07 Å². The van der Waals surface area contributed by atoms with E-state index in [1.54, 1.807) is 0 Å². The summed E-state index contributed by atoms with van der Waals surface area (Å²) in [5.74, 6) is 1.52. The Labute approximate surface area is 119 Å². The lowest BCUT2D eigenvalue weighted by atomic mass is 10.1.